The molecule has 0 spiro atoms. The smallest absolute Gasteiger partial charge is 0.0102 e. The zero-order chi connectivity index (χ0) is 29.7. The molecule has 0 aliphatic rings. The molecule has 0 radical (unpaired) electrons. The van der Waals surface area contributed by atoms with Crippen LogP contribution in [-0.4, -0.2) is 23.2 Å². The van der Waals surface area contributed by atoms with Crippen LogP contribution in [0.15, 0.2) is 0 Å². The van der Waals surface area contributed by atoms with E-state index in [-0.39, 0.29) is 43.7 Å². The summed E-state index contributed by atoms with van der Waals surface area (Å²) in [6, 6.07) is 0. The van der Waals surface area contributed by atoms with Gasteiger partial charge in [0, 0.05) is 16.6 Å². The van der Waals surface area contributed by atoms with E-state index in [1.807, 2.05) is 13.8 Å². The van der Waals surface area contributed by atoms with Crippen molar-refractivity contribution in [2.24, 2.45) is 50.0 Å². The Balaban J connectivity index is 0. The summed E-state index contributed by atoms with van der Waals surface area (Å²) < 4.78 is 0. The summed E-state index contributed by atoms with van der Waals surface area (Å²) in [5.41, 5.74) is 25.9. The molecule has 0 bridgehead atoms. The molecule has 0 aromatic rings. The normalized spacial score (nSPS) is 15.0. The maximum atomic E-state index is 6.56. The average molecular weight is 513 g/mol. The fourth-order valence-electron chi connectivity index (χ4n) is 8.40. The van der Waals surface area contributed by atoms with E-state index in [9.17, 15) is 0 Å². The summed E-state index contributed by atoms with van der Waals surface area (Å²) in [4.78, 5) is 0. The van der Waals surface area contributed by atoms with E-state index in [1.54, 1.807) is 0 Å². The first-order valence-corrected chi connectivity index (χ1v) is 14.6. The molecular formula is C32H72N4. The molecule has 4 nitrogen and oxygen atoms in total. The summed E-state index contributed by atoms with van der Waals surface area (Å²) in [7, 11) is 0. The summed E-state index contributed by atoms with van der Waals surface area (Å²) in [6.07, 6.45) is 7.39. The average Bonchev–Trinajstić information content (AvgIpc) is 2.46. The maximum absolute atomic E-state index is 6.56. The fourth-order valence-corrected chi connectivity index (χ4v) is 8.40. The van der Waals surface area contributed by atoms with Crippen LogP contribution in [0.1, 0.15) is 156 Å². The molecule has 0 atom stereocenters. The maximum Gasteiger partial charge on any atom is 0.0102 e. The lowest BCUT2D eigenvalue weighted by Gasteiger charge is -2.53. The lowest BCUT2D eigenvalue weighted by Crippen LogP contribution is -2.47. The first-order valence-electron chi connectivity index (χ1n) is 14.6. The monoisotopic (exact) mass is 513 g/mol. The van der Waals surface area contributed by atoms with Crippen molar-refractivity contribution >= 4 is 0 Å². The molecule has 0 aliphatic carbocycles. The van der Waals surface area contributed by atoms with Crippen molar-refractivity contribution in [2.45, 2.75) is 172 Å². The molecule has 0 aliphatic heterocycles. The molecule has 0 rings (SSSR count). The largest absolute Gasteiger partial charge is 0.330 e. The summed E-state index contributed by atoms with van der Waals surface area (Å²) in [5.74, 6) is 0. The zero-order valence-corrected chi connectivity index (χ0v) is 28.0. The van der Waals surface area contributed by atoms with Crippen molar-refractivity contribution in [3.05, 3.63) is 0 Å². The minimum atomic E-state index is -0.206. The molecule has 0 fully saturated rings. The Morgan fingerprint density at radius 3 is 0.722 bits per heavy atom. The lowest BCUT2D eigenvalue weighted by molar-refractivity contribution is -0.0103. The number of hydrogen-bond acceptors (Lipinski definition) is 4. The standard InChI is InChI=1S/C30H66N4.C2H6/c1-23(2,15-27(9,10)32)18-30(21-26(7,8)22-31,19-24(3,4)16-28(11,12)33)20-25(5,6)17-29(13,14)34;1-2/h15-22,31-34H2,1-14H3;1-2H3. The predicted molar refractivity (Wildman–Crippen MR) is 165 cm³/mol. The third kappa shape index (κ3) is 18.2. The van der Waals surface area contributed by atoms with Crippen LogP contribution >= 0.6 is 0 Å². The van der Waals surface area contributed by atoms with E-state index in [1.165, 1.54) is 0 Å². The molecule has 0 unspecified atom stereocenters. The quantitative estimate of drug-likeness (QED) is 0.178. The Morgan fingerprint density at radius 1 is 0.361 bits per heavy atom. The SMILES string of the molecule is CC.CC(C)(N)CC(C)(C)CC(CC(C)(C)CN)(CC(C)(C)CC(C)(C)N)CC(C)(C)CC(C)(C)N. The number of hydrogen-bond donors (Lipinski definition) is 4. The second-order valence-corrected chi connectivity index (χ2v) is 17.6. The van der Waals surface area contributed by atoms with Gasteiger partial charge in [-0.1, -0.05) is 69.2 Å². The van der Waals surface area contributed by atoms with Gasteiger partial charge in [-0.05, 0) is 120 Å². The fraction of sp³-hybridized carbons (Fsp3) is 1.00. The van der Waals surface area contributed by atoms with Gasteiger partial charge in [0.15, 0.2) is 0 Å². The van der Waals surface area contributed by atoms with Gasteiger partial charge in [-0.3, -0.25) is 0 Å². The summed E-state index contributed by atoms with van der Waals surface area (Å²) >= 11 is 0. The molecule has 0 saturated carbocycles. The van der Waals surface area contributed by atoms with Crippen LogP contribution < -0.4 is 22.9 Å². The van der Waals surface area contributed by atoms with Gasteiger partial charge in [-0.25, -0.2) is 0 Å². The second kappa shape index (κ2) is 12.8. The van der Waals surface area contributed by atoms with Crippen LogP contribution in [0.3, 0.4) is 0 Å². The summed E-state index contributed by atoms with van der Waals surface area (Å²) in [6.45, 7) is 36.7. The van der Waals surface area contributed by atoms with E-state index < -0.39 is 0 Å². The Hall–Kier alpha value is -0.160. The first-order chi connectivity index (χ1) is 15.5. The minimum Gasteiger partial charge on any atom is -0.330 e. The van der Waals surface area contributed by atoms with E-state index in [2.05, 4.69) is 96.9 Å². The van der Waals surface area contributed by atoms with Crippen molar-refractivity contribution in [3.63, 3.8) is 0 Å². The van der Waals surface area contributed by atoms with Crippen LogP contribution in [0.25, 0.3) is 0 Å². The molecule has 0 amide bonds. The highest BCUT2D eigenvalue weighted by Gasteiger charge is 2.47. The molecule has 36 heavy (non-hydrogen) atoms. The van der Waals surface area contributed by atoms with Crippen molar-refractivity contribution in [3.8, 4) is 0 Å². The van der Waals surface area contributed by atoms with Gasteiger partial charge in [-0.15, -0.1) is 0 Å². The van der Waals surface area contributed by atoms with Crippen molar-refractivity contribution in [1.82, 2.24) is 0 Å². The van der Waals surface area contributed by atoms with Crippen LogP contribution in [0, 0.1) is 27.1 Å². The highest BCUT2D eigenvalue weighted by Crippen LogP contribution is 2.57. The molecular weight excluding hydrogens is 440 g/mol. The topological polar surface area (TPSA) is 104 Å². The minimum absolute atomic E-state index is 0.0525. The molecule has 0 saturated heterocycles. The second-order valence-electron chi connectivity index (χ2n) is 17.6. The Kier molecular flexibility index (Phi) is 13.5. The third-order valence-corrected chi connectivity index (χ3v) is 6.77. The van der Waals surface area contributed by atoms with Gasteiger partial charge in [0.2, 0.25) is 0 Å². The van der Waals surface area contributed by atoms with Crippen molar-refractivity contribution in [2.75, 3.05) is 6.54 Å². The Labute approximate surface area is 228 Å². The van der Waals surface area contributed by atoms with Crippen LogP contribution in [0.4, 0.5) is 0 Å². The van der Waals surface area contributed by atoms with Gasteiger partial charge in [0.1, 0.15) is 0 Å². The van der Waals surface area contributed by atoms with Crippen molar-refractivity contribution < 1.29 is 0 Å². The number of rotatable bonds is 15. The van der Waals surface area contributed by atoms with Gasteiger partial charge in [0.25, 0.3) is 0 Å². The van der Waals surface area contributed by atoms with Crippen LogP contribution in [-0.2, 0) is 0 Å². The molecule has 0 aromatic heterocycles. The first kappa shape index (κ1) is 38.0. The number of nitrogens with two attached hydrogens (primary N) is 4. The lowest BCUT2D eigenvalue weighted by atomic mass is 9.53. The van der Waals surface area contributed by atoms with Crippen LogP contribution in [0.5, 0.6) is 0 Å². The molecule has 8 N–H and O–H groups in total. The highest BCUT2D eigenvalue weighted by molar-refractivity contribution is 5.00. The molecule has 0 heterocycles. The Morgan fingerprint density at radius 2 is 0.556 bits per heavy atom. The van der Waals surface area contributed by atoms with Crippen molar-refractivity contribution in [1.29, 1.82) is 0 Å². The van der Waals surface area contributed by atoms with Gasteiger partial charge >= 0.3 is 0 Å². The van der Waals surface area contributed by atoms with E-state index in [0.717, 1.165) is 44.9 Å². The zero-order valence-electron chi connectivity index (χ0n) is 28.0. The third-order valence-electron chi connectivity index (χ3n) is 6.77. The van der Waals surface area contributed by atoms with E-state index in [0.29, 0.717) is 6.54 Å². The van der Waals surface area contributed by atoms with E-state index in [4.69, 9.17) is 22.9 Å². The van der Waals surface area contributed by atoms with Gasteiger partial charge in [0.05, 0.1) is 0 Å². The molecule has 0 aromatic carbocycles. The Bertz CT molecular complexity index is 548. The van der Waals surface area contributed by atoms with Gasteiger partial charge in [-0.2, -0.15) is 0 Å². The van der Waals surface area contributed by atoms with Crippen LogP contribution in [0.2, 0.25) is 0 Å². The molecule has 220 valence electrons. The highest BCUT2D eigenvalue weighted by atomic mass is 14.7. The molecule has 4 heteroatoms. The van der Waals surface area contributed by atoms with Gasteiger partial charge < -0.3 is 22.9 Å². The summed E-state index contributed by atoms with van der Waals surface area (Å²) in [5, 5.41) is 0. The van der Waals surface area contributed by atoms with E-state index >= 15 is 0 Å². The predicted octanol–water partition coefficient (Wildman–Crippen LogP) is 8.01.